The van der Waals surface area contributed by atoms with Crippen molar-refractivity contribution >= 4 is 11.8 Å². The highest BCUT2D eigenvalue weighted by atomic mass is 16.5. The molecule has 5 heteroatoms. The van der Waals surface area contributed by atoms with Gasteiger partial charge in [-0.1, -0.05) is 0 Å². The Labute approximate surface area is 110 Å². The van der Waals surface area contributed by atoms with Crippen LogP contribution in [0.1, 0.15) is 0 Å². The number of methoxy groups -OCH3 is 1. The fraction of sp³-hybridized carbons (Fsp3) is 0.0714. The highest BCUT2D eigenvalue weighted by Gasteiger charge is 2.00. The van der Waals surface area contributed by atoms with E-state index in [1.807, 2.05) is 0 Å². The molecule has 2 rings (SSSR count). The first-order valence-corrected chi connectivity index (χ1v) is 5.59. The topological polar surface area (TPSA) is 67.8 Å². The van der Waals surface area contributed by atoms with Gasteiger partial charge in [-0.15, -0.1) is 0 Å². The number of nitrogens with one attached hydrogen (secondary N) is 1. The van der Waals surface area contributed by atoms with Crippen molar-refractivity contribution in [2.75, 3.05) is 12.4 Å². The van der Waals surface area contributed by atoms with E-state index in [-0.39, 0.29) is 0 Å². The average molecular weight is 259 g/mol. The van der Waals surface area contributed by atoms with Gasteiger partial charge in [0.2, 0.25) is 0 Å². The number of carboxylic acid groups (broad SMARTS) is 1. The van der Waals surface area contributed by atoms with Gasteiger partial charge in [0.05, 0.1) is 7.11 Å². The zero-order valence-electron chi connectivity index (χ0n) is 10.3. The van der Waals surface area contributed by atoms with Crippen LogP contribution in [0.25, 0.3) is 0 Å². The lowest BCUT2D eigenvalue weighted by atomic mass is 10.3. The van der Waals surface area contributed by atoms with Crippen LogP contribution < -0.4 is 14.8 Å². The van der Waals surface area contributed by atoms with Gasteiger partial charge in [-0.25, -0.2) is 4.79 Å². The summed E-state index contributed by atoms with van der Waals surface area (Å²) in [6.07, 6.45) is -1.09. The molecule has 0 saturated carbocycles. The van der Waals surface area contributed by atoms with Gasteiger partial charge in [-0.3, -0.25) is 5.32 Å². The Hall–Kier alpha value is -2.69. The summed E-state index contributed by atoms with van der Waals surface area (Å²) >= 11 is 0. The zero-order chi connectivity index (χ0) is 13.7. The molecule has 5 nitrogen and oxygen atoms in total. The van der Waals surface area contributed by atoms with Crippen molar-refractivity contribution in [1.82, 2.24) is 0 Å². The maximum absolute atomic E-state index is 10.5. The summed E-state index contributed by atoms with van der Waals surface area (Å²) in [5.41, 5.74) is 0.495. The van der Waals surface area contributed by atoms with Crippen LogP contribution >= 0.6 is 0 Å². The molecule has 2 aromatic carbocycles. The van der Waals surface area contributed by atoms with Crippen LogP contribution in [0.15, 0.2) is 48.5 Å². The lowest BCUT2D eigenvalue weighted by Crippen LogP contribution is -2.06. The predicted molar refractivity (Wildman–Crippen MR) is 71.2 cm³/mol. The van der Waals surface area contributed by atoms with E-state index in [4.69, 9.17) is 14.6 Å². The number of benzene rings is 2. The molecule has 1 amide bonds. The molecule has 19 heavy (non-hydrogen) atoms. The van der Waals surface area contributed by atoms with Gasteiger partial charge >= 0.3 is 6.09 Å². The van der Waals surface area contributed by atoms with E-state index in [1.165, 1.54) is 0 Å². The molecule has 0 aliphatic carbocycles. The summed E-state index contributed by atoms with van der Waals surface area (Å²) in [4.78, 5) is 10.5. The molecular weight excluding hydrogens is 246 g/mol. The van der Waals surface area contributed by atoms with Crippen molar-refractivity contribution in [3.05, 3.63) is 48.5 Å². The molecule has 0 fully saturated rings. The summed E-state index contributed by atoms with van der Waals surface area (Å²) in [7, 11) is 1.60. The maximum Gasteiger partial charge on any atom is 0.409 e. The second-order valence-electron chi connectivity index (χ2n) is 3.73. The van der Waals surface area contributed by atoms with Crippen molar-refractivity contribution in [2.45, 2.75) is 0 Å². The van der Waals surface area contributed by atoms with Crippen molar-refractivity contribution in [2.24, 2.45) is 0 Å². The van der Waals surface area contributed by atoms with Crippen LogP contribution in [0.3, 0.4) is 0 Å². The molecule has 0 unspecified atom stereocenters. The largest absolute Gasteiger partial charge is 0.497 e. The Morgan fingerprint density at radius 1 is 0.947 bits per heavy atom. The summed E-state index contributed by atoms with van der Waals surface area (Å²) in [5, 5.41) is 10.8. The summed E-state index contributed by atoms with van der Waals surface area (Å²) in [6, 6.07) is 13.8. The number of anilines is 1. The molecule has 0 aliphatic heterocycles. The van der Waals surface area contributed by atoms with Gasteiger partial charge in [0, 0.05) is 5.69 Å². The highest BCUT2D eigenvalue weighted by Crippen LogP contribution is 2.24. The van der Waals surface area contributed by atoms with Gasteiger partial charge in [-0.2, -0.15) is 0 Å². The van der Waals surface area contributed by atoms with Crippen LogP contribution in [0.4, 0.5) is 10.5 Å². The minimum absolute atomic E-state index is 0.495. The summed E-state index contributed by atoms with van der Waals surface area (Å²) < 4.78 is 10.7. The smallest absolute Gasteiger partial charge is 0.409 e. The molecule has 0 bridgehead atoms. The molecule has 2 aromatic rings. The molecule has 0 spiro atoms. The minimum atomic E-state index is -1.09. The zero-order valence-corrected chi connectivity index (χ0v) is 10.3. The molecular formula is C14H13NO4. The van der Waals surface area contributed by atoms with Crippen molar-refractivity contribution in [1.29, 1.82) is 0 Å². The molecule has 0 atom stereocenters. The van der Waals surface area contributed by atoms with Crippen LogP contribution in [-0.4, -0.2) is 18.3 Å². The Morgan fingerprint density at radius 3 is 1.89 bits per heavy atom. The molecule has 0 radical (unpaired) electrons. The van der Waals surface area contributed by atoms with Gasteiger partial charge in [0.1, 0.15) is 17.2 Å². The third-order valence-electron chi connectivity index (χ3n) is 2.40. The van der Waals surface area contributed by atoms with Gasteiger partial charge in [-0.05, 0) is 48.5 Å². The minimum Gasteiger partial charge on any atom is -0.497 e. The SMILES string of the molecule is COc1ccc(Oc2ccc(NC(=O)O)cc2)cc1. The Morgan fingerprint density at radius 2 is 1.42 bits per heavy atom. The van der Waals surface area contributed by atoms with Gasteiger partial charge in [0.15, 0.2) is 0 Å². The van der Waals surface area contributed by atoms with Crippen molar-refractivity contribution in [3.63, 3.8) is 0 Å². The monoisotopic (exact) mass is 259 g/mol. The maximum atomic E-state index is 10.5. The Kier molecular flexibility index (Phi) is 3.87. The first kappa shape index (κ1) is 12.8. The second-order valence-corrected chi connectivity index (χ2v) is 3.73. The van der Waals surface area contributed by atoms with Crippen LogP contribution in [-0.2, 0) is 0 Å². The van der Waals surface area contributed by atoms with Gasteiger partial charge in [0.25, 0.3) is 0 Å². The first-order chi connectivity index (χ1) is 9.17. The number of ether oxygens (including phenoxy) is 2. The van der Waals surface area contributed by atoms with E-state index in [0.717, 1.165) is 5.75 Å². The highest BCUT2D eigenvalue weighted by molar-refractivity contribution is 5.82. The molecule has 0 aliphatic rings. The van der Waals surface area contributed by atoms with E-state index >= 15 is 0 Å². The Bertz CT molecular complexity index is 549. The van der Waals surface area contributed by atoms with E-state index in [2.05, 4.69) is 5.32 Å². The molecule has 2 N–H and O–H groups in total. The molecule has 0 saturated heterocycles. The number of amides is 1. The van der Waals surface area contributed by atoms with E-state index in [9.17, 15) is 4.79 Å². The fourth-order valence-corrected chi connectivity index (χ4v) is 1.51. The third-order valence-corrected chi connectivity index (χ3v) is 2.40. The fourth-order valence-electron chi connectivity index (χ4n) is 1.51. The number of rotatable bonds is 4. The van der Waals surface area contributed by atoms with Crippen molar-refractivity contribution < 1.29 is 19.4 Å². The number of hydrogen-bond acceptors (Lipinski definition) is 3. The summed E-state index contributed by atoms with van der Waals surface area (Å²) in [5.74, 6) is 2.06. The molecule has 98 valence electrons. The quantitative estimate of drug-likeness (QED) is 0.880. The molecule has 0 aromatic heterocycles. The first-order valence-electron chi connectivity index (χ1n) is 5.59. The van der Waals surface area contributed by atoms with Crippen molar-refractivity contribution in [3.8, 4) is 17.2 Å². The number of carbonyl (C=O) groups is 1. The lowest BCUT2D eigenvalue weighted by molar-refractivity contribution is 0.209. The average Bonchev–Trinajstić information content (AvgIpc) is 2.41. The predicted octanol–water partition coefficient (Wildman–Crippen LogP) is 3.58. The van der Waals surface area contributed by atoms with E-state index < -0.39 is 6.09 Å². The number of hydrogen-bond donors (Lipinski definition) is 2. The third kappa shape index (κ3) is 3.64. The van der Waals surface area contributed by atoms with Crippen LogP contribution in [0.5, 0.6) is 17.2 Å². The standard InChI is InChI=1S/C14H13NO4/c1-18-11-6-8-13(9-7-11)19-12-4-2-10(3-5-12)15-14(16)17/h2-9,15H,1H3,(H,16,17). The van der Waals surface area contributed by atoms with Crippen LogP contribution in [0, 0.1) is 0 Å². The normalized spacial score (nSPS) is 9.74. The lowest BCUT2D eigenvalue weighted by Gasteiger charge is -2.07. The van der Waals surface area contributed by atoms with E-state index in [1.54, 1.807) is 55.6 Å². The Balaban J connectivity index is 2.04. The molecule has 0 heterocycles. The van der Waals surface area contributed by atoms with Gasteiger partial charge < -0.3 is 14.6 Å². The van der Waals surface area contributed by atoms with Crippen LogP contribution in [0.2, 0.25) is 0 Å². The van der Waals surface area contributed by atoms with E-state index in [0.29, 0.717) is 17.2 Å². The second kappa shape index (κ2) is 5.77. The summed E-state index contributed by atoms with van der Waals surface area (Å²) in [6.45, 7) is 0.